The molecule has 2 fully saturated rings. The molecule has 1 unspecified atom stereocenters. The van der Waals surface area contributed by atoms with Crippen molar-refractivity contribution >= 4 is 12.1 Å². The Bertz CT molecular complexity index is 722. The van der Waals surface area contributed by atoms with Crippen LogP contribution in [0.25, 0.3) is 0 Å². The van der Waals surface area contributed by atoms with Crippen LogP contribution in [-0.4, -0.2) is 48.9 Å². The van der Waals surface area contributed by atoms with Crippen LogP contribution < -0.4 is 4.74 Å². The predicted octanol–water partition coefficient (Wildman–Crippen LogP) is 4.52. The van der Waals surface area contributed by atoms with E-state index in [4.69, 9.17) is 14.2 Å². The van der Waals surface area contributed by atoms with E-state index in [-0.39, 0.29) is 24.1 Å². The third-order valence-electron chi connectivity index (χ3n) is 5.42. The number of rotatable bonds is 6. The highest BCUT2D eigenvalue weighted by molar-refractivity contribution is 5.70. The van der Waals surface area contributed by atoms with Crippen molar-refractivity contribution in [2.45, 2.75) is 70.5 Å². The lowest BCUT2D eigenvalue weighted by Crippen LogP contribution is -2.46. The summed E-state index contributed by atoms with van der Waals surface area (Å²) in [5.74, 6) is 1.33. The van der Waals surface area contributed by atoms with Gasteiger partial charge in [-0.25, -0.2) is 4.79 Å². The second-order valence-corrected chi connectivity index (χ2v) is 9.11. The number of ether oxygens (including phenoxy) is 3. The summed E-state index contributed by atoms with van der Waals surface area (Å²) in [6, 6.07) is 8.02. The molecule has 3 rings (SSSR count). The molecular formula is C23H33NO5. The van der Waals surface area contributed by atoms with Crippen molar-refractivity contribution in [2.24, 2.45) is 5.92 Å². The van der Waals surface area contributed by atoms with Crippen molar-refractivity contribution in [3.63, 3.8) is 0 Å². The van der Waals surface area contributed by atoms with Crippen molar-refractivity contribution in [3.05, 3.63) is 29.8 Å². The van der Waals surface area contributed by atoms with Gasteiger partial charge in [0.15, 0.2) is 0 Å². The van der Waals surface area contributed by atoms with Crippen LogP contribution in [0.15, 0.2) is 24.3 Å². The summed E-state index contributed by atoms with van der Waals surface area (Å²) >= 11 is 0. The smallest absolute Gasteiger partial charge is 0.410 e. The van der Waals surface area contributed by atoms with E-state index < -0.39 is 5.60 Å². The first-order valence-corrected chi connectivity index (χ1v) is 10.6. The molecular weight excluding hydrogens is 370 g/mol. The number of methoxy groups -OCH3 is 1. The standard InChI is InChI=1S/C23H33NO5/c1-23(2,3)29-22(26)24-12-6-9-19(15-24)28-18-8-5-7-17(13-18)20(16-10-11-16)14-21(25)27-4/h5,7-8,13,16,19-20H,6,9-12,14-15H2,1-4H3/t19?,20-/m0/s1. The fourth-order valence-electron chi connectivity index (χ4n) is 3.86. The summed E-state index contributed by atoms with van der Waals surface area (Å²) in [5, 5.41) is 0. The molecule has 1 aromatic carbocycles. The maximum Gasteiger partial charge on any atom is 0.410 e. The topological polar surface area (TPSA) is 65.1 Å². The fraction of sp³-hybridized carbons (Fsp3) is 0.652. The third-order valence-corrected chi connectivity index (χ3v) is 5.42. The molecule has 1 saturated heterocycles. The Kier molecular flexibility index (Phi) is 6.70. The summed E-state index contributed by atoms with van der Waals surface area (Å²) in [5.41, 5.74) is 0.617. The van der Waals surface area contributed by atoms with Crippen LogP contribution in [0, 0.1) is 5.92 Å². The minimum Gasteiger partial charge on any atom is -0.489 e. The molecule has 1 aromatic rings. The van der Waals surface area contributed by atoms with Crippen molar-refractivity contribution in [2.75, 3.05) is 20.2 Å². The summed E-state index contributed by atoms with van der Waals surface area (Å²) < 4.78 is 16.6. The zero-order valence-electron chi connectivity index (χ0n) is 18.0. The number of benzene rings is 1. The first kappa shape index (κ1) is 21.5. The van der Waals surface area contributed by atoms with Crippen LogP contribution in [0.3, 0.4) is 0 Å². The van der Waals surface area contributed by atoms with Crippen molar-refractivity contribution in [1.82, 2.24) is 4.90 Å². The number of nitrogens with zero attached hydrogens (tertiary/aromatic N) is 1. The van der Waals surface area contributed by atoms with Crippen LogP contribution in [0.4, 0.5) is 4.79 Å². The largest absolute Gasteiger partial charge is 0.489 e. The second kappa shape index (κ2) is 9.06. The molecule has 1 saturated carbocycles. The minimum atomic E-state index is -0.503. The van der Waals surface area contributed by atoms with Gasteiger partial charge in [-0.15, -0.1) is 0 Å². The Morgan fingerprint density at radius 2 is 1.97 bits per heavy atom. The zero-order valence-corrected chi connectivity index (χ0v) is 18.0. The molecule has 0 N–H and O–H groups in total. The molecule has 1 aliphatic heterocycles. The van der Waals surface area contributed by atoms with Gasteiger partial charge in [0, 0.05) is 6.54 Å². The number of likely N-dealkylation sites (tertiary alicyclic amines) is 1. The van der Waals surface area contributed by atoms with Gasteiger partial charge in [-0.1, -0.05) is 12.1 Å². The summed E-state index contributed by atoms with van der Waals surface area (Å²) in [7, 11) is 1.44. The van der Waals surface area contributed by atoms with Crippen LogP contribution >= 0.6 is 0 Å². The maximum atomic E-state index is 12.4. The number of esters is 1. The number of carbonyl (C=O) groups is 2. The van der Waals surface area contributed by atoms with Gasteiger partial charge in [0.05, 0.1) is 20.1 Å². The molecule has 29 heavy (non-hydrogen) atoms. The number of piperidine rings is 1. The van der Waals surface area contributed by atoms with Gasteiger partial charge in [0.2, 0.25) is 0 Å². The Labute approximate surface area is 173 Å². The number of hydrogen-bond donors (Lipinski definition) is 0. The van der Waals surface area contributed by atoms with Crippen molar-refractivity contribution in [1.29, 1.82) is 0 Å². The molecule has 1 amide bonds. The average molecular weight is 404 g/mol. The van der Waals surface area contributed by atoms with E-state index in [0.29, 0.717) is 25.4 Å². The normalized spacial score (nSPS) is 20.7. The van der Waals surface area contributed by atoms with Crippen LogP contribution in [0.5, 0.6) is 5.75 Å². The molecule has 1 heterocycles. The first-order chi connectivity index (χ1) is 13.7. The van der Waals surface area contributed by atoms with Crippen molar-refractivity contribution in [3.8, 4) is 5.75 Å². The van der Waals surface area contributed by atoms with Crippen LogP contribution in [-0.2, 0) is 14.3 Å². The molecule has 6 nitrogen and oxygen atoms in total. The second-order valence-electron chi connectivity index (χ2n) is 9.11. The van der Waals surface area contributed by atoms with E-state index in [1.54, 1.807) is 4.90 Å². The van der Waals surface area contributed by atoms with E-state index >= 15 is 0 Å². The molecule has 0 aromatic heterocycles. The Morgan fingerprint density at radius 1 is 1.21 bits per heavy atom. The Hall–Kier alpha value is -2.24. The lowest BCUT2D eigenvalue weighted by atomic mass is 9.91. The summed E-state index contributed by atoms with van der Waals surface area (Å²) in [6.45, 7) is 6.84. The average Bonchev–Trinajstić information content (AvgIpc) is 3.50. The highest BCUT2D eigenvalue weighted by Gasteiger charge is 2.34. The first-order valence-electron chi connectivity index (χ1n) is 10.6. The maximum absolute atomic E-state index is 12.4. The van der Waals surface area contributed by atoms with Gasteiger partial charge in [0.1, 0.15) is 17.5 Å². The van der Waals surface area contributed by atoms with Gasteiger partial charge >= 0.3 is 12.1 Å². The molecule has 0 radical (unpaired) electrons. The third kappa shape index (κ3) is 6.38. The van der Waals surface area contributed by atoms with E-state index in [0.717, 1.165) is 37.0 Å². The molecule has 1 aliphatic carbocycles. The van der Waals surface area contributed by atoms with Gasteiger partial charge in [0.25, 0.3) is 0 Å². The van der Waals surface area contributed by atoms with Gasteiger partial charge in [-0.2, -0.15) is 0 Å². The molecule has 2 aliphatic rings. The van der Waals surface area contributed by atoms with Gasteiger partial charge in [-0.05, 0) is 76.0 Å². The molecule has 160 valence electrons. The predicted molar refractivity (Wildman–Crippen MR) is 110 cm³/mol. The van der Waals surface area contributed by atoms with Gasteiger partial charge < -0.3 is 19.1 Å². The minimum absolute atomic E-state index is 0.0634. The van der Waals surface area contributed by atoms with Gasteiger partial charge in [-0.3, -0.25) is 4.79 Å². The van der Waals surface area contributed by atoms with E-state index in [1.165, 1.54) is 7.11 Å². The lowest BCUT2D eigenvalue weighted by Gasteiger charge is -2.34. The van der Waals surface area contributed by atoms with Crippen LogP contribution in [0.1, 0.15) is 64.4 Å². The molecule has 0 bridgehead atoms. The lowest BCUT2D eigenvalue weighted by molar-refractivity contribution is -0.141. The number of amides is 1. The van der Waals surface area contributed by atoms with E-state index in [2.05, 4.69) is 6.07 Å². The van der Waals surface area contributed by atoms with E-state index in [1.807, 2.05) is 39.0 Å². The number of hydrogen-bond acceptors (Lipinski definition) is 5. The van der Waals surface area contributed by atoms with Crippen molar-refractivity contribution < 1.29 is 23.8 Å². The number of carbonyl (C=O) groups excluding carboxylic acids is 2. The summed E-state index contributed by atoms with van der Waals surface area (Å²) in [4.78, 5) is 25.9. The highest BCUT2D eigenvalue weighted by atomic mass is 16.6. The molecule has 6 heteroatoms. The quantitative estimate of drug-likeness (QED) is 0.653. The SMILES string of the molecule is COC(=O)C[C@H](c1cccc(OC2CCCN(C(=O)OC(C)(C)C)C2)c1)C1CC1. The fourth-order valence-corrected chi connectivity index (χ4v) is 3.86. The molecule has 2 atom stereocenters. The molecule has 0 spiro atoms. The summed E-state index contributed by atoms with van der Waals surface area (Å²) in [6.07, 6.45) is 4.15. The Balaban J connectivity index is 1.63. The highest BCUT2D eigenvalue weighted by Crippen LogP contribution is 2.45. The van der Waals surface area contributed by atoms with Crippen LogP contribution in [0.2, 0.25) is 0 Å². The zero-order chi connectivity index (χ0) is 21.0. The monoisotopic (exact) mass is 403 g/mol. The van der Waals surface area contributed by atoms with E-state index in [9.17, 15) is 9.59 Å². The Morgan fingerprint density at radius 3 is 2.62 bits per heavy atom.